The maximum absolute atomic E-state index is 13.4. The summed E-state index contributed by atoms with van der Waals surface area (Å²) in [4.78, 5) is 14.3. The van der Waals surface area contributed by atoms with Crippen LogP contribution in [0.4, 0.5) is 28.2 Å². The van der Waals surface area contributed by atoms with Crippen LogP contribution in [0.5, 0.6) is 0 Å². The van der Waals surface area contributed by atoms with E-state index in [2.05, 4.69) is 15.7 Å². The van der Waals surface area contributed by atoms with Crippen LogP contribution < -0.4 is 10.6 Å². The van der Waals surface area contributed by atoms with Crippen LogP contribution in [0, 0.1) is 11.7 Å². The predicted octanol–water partition coefficient (Wildman–Crippen LogP) is 4.90. The molecule has 36 heavy (non-hydrogen) atoms. The maximum Gasteiger partial charge on any atom is 0.401 e. The van der Waals surface area contributed by atoms with Crippen molar-refractivity contribution in [1.29, 1.82) is 0 Å². The van der Waals surface area contributed by atoms with Crippen LogP contribution >= 0.6 is 0 Å². The molecule has 0 radical (unpaired) electrons. The molecule has 1 aliphatic heterocycles. The number of hydrogen-bond acceptors (Lipinski definition) is 3. The fourth-order valence-electron chi connectivity index (χ4n) is 5.29. The Bertz CT molecular complexity index is 1210. The van der Waals surface area contributed by atoms with Gasteiger partial charge in [-0.1, -0.05) is 30.3 Å². The number of halogens is 4. The predicted molar refractivity (Wildman–Crippen MR) is 128 cm³/mol. The first-order chi connectivity index (χ1) is 17.3. The van der Waals surface area contributed by atoms with E-state index in [-0.39, 0.29) is 31.5 Å². The van der Waals surface area contributed by atoms with E-state index >= 15 is 0 Å². The van der Waals surface area contributed by atoms with Gasteiger partial charge in [-0.25, -0.2) is 13.9 Å². The molecule has 1 saturated heterocycles. The van der Waals surface area contributed by atoms with Crippen molar-refractivity contribution in [1.82, 2.24) is 20.0 Å². The fourth-order valence-corrected chi connectivity index (χ4v) is 5.29. The van der Waals surface area contributed by atoms with Gasteiger partial charge in [0.25, 0.3) is 0 Å². The van der Waals surface area contributed by atoms with Crippen molar-refractivity contribution in [3.63, 3.8) is 0 Å². The lowest BCUT2D eigenvalue weighted by Gasteiger charge is -2.20. The van der Waals surface area contributed by atoms with E-state index in [4.69, 9.17) is 0 Å². The van der Waals surface area contributed by atoms with Crippen molar-refractivity contribution in [2.24, 2.45) is 5.92 Å². The number of amides is 2. The smallest absolute Gasteiger partial charge is 0.337 e. The van der Waals surface area contributed by atoms with Crippen LogP contribution in [-0.4, -0.2) is 53.1 Å². The summed E-state index contributed by atoms with van der Waals surface area (Å²) in [5.41, 5.74) is 3.56. The van der Waals surface area contributed by atoms with Gasteiger partial charge in [0.1, 0.15) is 11.6 Å². The average molecular weight is 502 g/mol. The molecule has 2 heterocycles. The molecule has 190 valence electrons. The van der Waals surface area contributed by atoms with Gasteiger partial charge in [0.15, 0.2) is 0 Å². The zero-order valence-corrected chi connectivity index (χ0v) is 19.6. The number of urea groups is 1. The summed E-state index contributed by atoms with van der Waals surface area (Å²) in [5, 5.41) is 10.5. The summed E-state index contributed by atoms with van der Waals surface area (Å²) >= 11 is 0. The summed E-state index contributed by atoms with van der Waals surface area (Å²) in [6.07, 6.45) is -1.68. The van der Waals surface area contributed by atoms with Crippen molar-refractivity contribution in [3.05, 3.63) is 77.2 Å². The molecule has 0 bridgehead atoms. The molecule has 5 rings (SSSR count). The van der Waals surface area contributed by atoms with Crippen LogP contribution in [0.25, 0.3) is 5.69 Å². The zero-order chi connectivity index (χ0) is 25.3. The SMILES string of the molecule is O=C(NCC1CN(CC(F)(F)F)CC1c1ccc(F)cc1)Nc1c2c(nn1-c1ccccc1)CCC2. The Morgan fingerprint density at radius 2 is 1.78 bits per heavy atom. The standard InChI is InChI=1S/C26H27F4N5O/c27-19-11-9-17(10-12-19)22-15-34(16-26(28,29)30)14-18(22)13-31-25(36)32-24-21-7-4-8-23(21)33-35(24)20-5-2-1-3-6-20/h1-3,5-6,9-12,18,22H,4,7-8,13-16H2,(H2,31,32,36). The molecule has 2 aliphatic rings. The van der Waals surface area contributed by atoms with Crippen molar-refractivity contribution in [2.45, 2.75) is 31.4 Å². The number of hydrogen-bond donors (Lipinski definition) is 2. The molecule has 10 heteroatoms. The number of alkyl halides is 3. The lowest BCUT2D eigenvalue weighted by Crippen LogP contribution is -2.37. The normalized spacial score (nSPS) is 19.9. The Labute approximate surface area is 206 Å². The van der Waals surface area contributed by atoms with E-state index in [0.717, 1.165) is 41.8 Å². The number of carbonyl (C=O) groups excluding carboxylic acids is 1. The summed E-state index contributed by atoms with van der Waals surface area (Å²) in [6, 6.07) is 14.9. The van der Waals surface area contributed by atoms with Gasteiger partial charge in [-0.2, -0.15) is 18.3 Å². The van der Waals surface area contributed by atoms with Crippen molar-refractivity contribution in [3.8, 4) is 5.69 Å². The third kappa shape index (κ3) is 5.38. The minimum absolute atomic E-state index is 0.180. The van der Waals surface area contributed by atoms with Crippen LogP contribution in [0.1, 0.15) is 29.2 Å². The van der Waals surface area contributed by atoms with Crippen LogP contribution in [0.2, 0.25) is 0 Å². The summed E-state index contributed by atoms with van der Waals surface area (Å²) in [7, 11) is 0. The highest BCUT2D eigenvalue weighted by Gasteiger charge is 2.39. The minimum Gasteiger partial charge on any atom is -0.337 e. The number of carbonyl (C=O) groups is 1. The van der Waals surface area contributed by atoms with E-state index in [1.165, 1.54) is 17.0 Å². The molecule has 6 nitrogen and oxygen atoms in total. The third-order valence-electron chi connectivity index (χ3n) is 6.88. The maximum atomic E-state index is 13.4. The molecule has 2 aromatic carbocycles. The van der Waals surface area contributed by atoms with E-state index < -0.39 is 24.6 Å². The Balaban J connectivity index is 1.30. The first-order valence-corrected chi connectivity index (χ1v) is 12.0. The van der Waals surface area contributed by atoms with E-state index in [0.29, 0.717) is 5.82 Å². The molecule has 1 fully saturated rings. The number of para-hydroxylation sites is 1. The summed E-state index contributed by atoms with van der Waals surface area (Å²) < 4.78 is 54.3. The first-order valence-electron chi connectivity index (χ1n) is 12.0. The van der Waals surface area contributed by atoms with E-state index in [1.54, 1.807) is 16.8 Å². The minimum atomic E-state index is -4.32. The number of likely N-dealkylation sites (tertiary alicyclic amines) is 1. The number of rotatable bonds is 6. The van der Waals surface area contributed by atoms with E-state index in [1.807, 2.05) is 30.3 Å². The molecule has 1 aliphatic carbocycles. The third-order valence-corrected chi connectivity index (χ3v) is 6.88. The van der Waals surface area contributed by atoms with Gasteiger partial charge in [0.2, 0.25) is 0 Å². The molecular weight excluding hydrogens is 474 g/mol. The molecule has 2 atom stereocenters. The number of fused-ring (bicyclic) bond motifs is 1. The van der Waals surface area contributed by atoms with Gasteiger partial charge in [-0.3, -0.25) is 10.2 Å². The highest BCUT2D eigenvalue weighted by atomic mass is 19.4. The summed E-state index contributed by atoms with van der Waals surface area (Å²) in [5.74, 6) is -0.299. The Morgan fingerprint density at radius 1 is 1.03 bits per heavy atom. The Kier molecular flexibility index (Phi) is 6.70. The molecule has 0 spiro atoms. The van der Waals surface area contributed by atoms with Gasteiger partial charge < -0.3 is 5.32 Å². The van der Waals surface area contributed by atoms with Crippen molar-refractivity contribution in [2.75, 3.05) is 31.5 Å². The number of benzene rings is 2. The number of aryl methyl sites for hydroxylation is 1. The highest BCUT2D eigenvalue weighted by molar-refractivity contribution is 5.89. The lowest BCUT2D eigenvalue weighted by molar-refractivity contribution is -0.143. The van der Waals surface area contributed by atoms with Gasteiger partial charge in [-0.15, -0.1) is 0 Å². The van der Waals surface area contributed by atoms with Gasteiger partial charge >= 0.3 is 12.2 Å². The molecule has 1 aromatic heterocycles. The number of aromatic nitrogens is 2. The number of nitrogens with one attached hydrogen (secondary N) is 2. The van der Waals surface area contributed by atoms with Crippen LogP contribution in [-0.2, 0) is 12.8 Å². The van der Waals surface area contributed by atoms with E-state index in [9.17, 15) is 22.4 Å². The summed E-state index contributed by atoms with van der Waals surface area (Å²) in [6.45, 7) is -0.466. The first kappa shape index (κ1) is 24.3. The molecule has 2 amide bonds. The number of anilines is 1. The zero-order valence-electron chi connectivity index (χ0n) is 19.6. The molecule has 2 N–H and O–H groups in total. The lowest BCUT2D eigenvalue weighted by atomic mass is 9.89. The second kappa shape index (κ2) is 9.93. The van der Waals surface area contributed by atoms with Crippen LogP contribution in [0.15, 0.2) is 54.6 Å². The average Bonchev–Trinajstić information content (AvgIpc) is 3.54. The highest BCUT2D eigenvalue weighted by Crippen LogP contribution is 2.34. The van der Waals surface area contributed by atoms with Gasteiger partial charge in [-0.05, 0) is 55.0 Å². The second-order valence-corrected chi connectivity index (χ2v) is 9.44. The van der Waals surface area contributed by atoms with Gasteiger partial charge in [0.05, 0.1) is 17.9 Å². The van der Waals surface area contributed by atoms with Crippen molar-refractivity contribution < 1.29 is 22.4 Å². The topological polar surface area (TPSA) is 62.2 Å². The van der Waals surface area contributed by atoms with Gasteiger partial charge in [0, 0.05) is 31.1 Å². The molecular formula is C26H27F4N5O. The Hall–Kier alpha value is -3.40. The molecule has 3 aromatic rings. The number of nitrogens with zero attached hydrogens (tertiary/aromatic N) is 3. The Morgan fingerprint density at radius 3 is 2.50 bits per heavy atom. The largest absolute Gasteiger partial charge is 0.401 e. The van der Waals surface area contributed by atoms with Crippen molar-refractivity contribution >= 4 is 11.8 Å². The second-order valence-electron chi connectivity index (χ2n) is 9.44. The quantitative estimate of drug-likeness (QED) is 0.473. The molecule has 0 saturated carbocycles. The van der Waals surface area contributed by atoms with Crippen LogP contribution in [0.3, 0.4) is 0 Å². The molecule has 2 unspecified atom stereocenters. The monoisotopic (exact) mass is 501 g/mol. The fraction of sp³-hybridized carbons (Fsp3) is 0.385.